The van der Waals surface area contributed by atoms with Gasteiger partial charge in [0.2, 0.25) is 5.91 Å². The van der Waals surface area contributed by atoms with Crippen molar-refractivity contribution in [1.29, 1.82) is 0 Å². The molecule has 1 unspecified atom stereocenters. The Morgan fingerprint density at radius 2 is 2.04 bits per heavy atom. The zero-order valence-corrected chi connectivity index (χ0v) is 15.6. The summed E-state index contributed by atoms with van der Waals surface area (Å²) in [6, 6.07) is 7.05. The van der Waals surface area contributed by atoms with Gasteiger partial charge in [-0.3, -0.25) is 14.0 Å². The van der Waals surface area contributed by atoms with Gasteiger partial charge in [0.05, 0.1) is 16.5 Å². The average molecular weight is 421 g/mol. The van der Waals surface area contributed by atoms with Crippen LogP contribution in [0.2, 0.25) is 0 Å². The average Bonchev–Trinajstić information content (AvgIpc) is 2.96. The first-order valence-electron chi connectivity index (χ1n) is 7.40. The van der Waals surface area contributed by atoms with Crippen LogP contribution in [0.5, 0.6) is 5.88 Å². The third-order valence-electron chi connectivity index (χ3n) is 3.30. The summed E-state index contributed by atoms with van der Waals surface area (Å²) in [7, 11) is -8.77. The number of hydrogen-bond donors (Lipinski definition) is 3. The maximum absolute atomic E-state index is 12.5. The van der Waals surface area contributed by atoms with E-state index in [-0.39, 0.29) is 16.2 Å². The molecular formula is C13H16N3O9PS. The molecule has 1 aromatic heterocycles. The van der Waals surface area contributed by atoms with Crippen LogP contribution in [0.4, 0.5) is 0 Å². The molecule has 0 fully saturated rings. The van der Waals surface area contributed by atoms with Gasteiger partial charge in [-0.1, -0.05) is 18.2 Å². The Kier molecular flexibility index (Phi) is 6.21. The van der Waals surface area contributed by atoms with E-state index in [0.29, 0.717) is 0 Å². The zero-order chi connectivity index (χ0) is 20.2. The van der Waals surface area contributed by atoms with E-state index >= 15 is 0 Å². The highest BCUT2D eigenvalue weighted by molar-refractivity contribution is 7.91. The monoisotopic (exact) mass is 421 g/mol. The van der Waals surface area contributed by atoms with E-state index in [0.717, 1.165) is 6.92 Å². The summed E-state index contributed by atoms with van der Waals surface area (Å²) in [4.78, 5) is 29.0. The quantitative estimate of drug-likeness (QED) is 0.373. The molecule has 0 aliphatic rings. The summed E-state index contributed by atoms with van der Waals surface area (Å²) in [5, 5.41) is 16.1. The Balaban J connectivity index is 2.08. The molecule has 2 aromatic rings. The number of ether oxygens (including phenoxy) is 1. The molecule has 0 aliphatic heterocycles. The van der Waals surface area contributed by atoms with Gasteiger partial charge in [-0.05, 0) is 24.0 Å². The Labute approximate surface area is 153 Å². The minimum Gasteiger partial charge on any atom is -0.454 e. The van der Waals surface area contributed by atoms with Crippen LogP contribution in [0.3, 0.4) is 0 Å². The fraction of sp³-hybridized carbons (Fsp3) is 0.308. The fourth-order valence-electron chi connectivity index (χ4n) is 1.87. The van der Waals surface area contributed by atoms with Crippen molar-refractivity contribution < 1.29 is 41.8 Å². The SMILES string of the molecule is CC(NC(=O)CCOc1no[n+]([O-])c1S(=O)(=O)c1ccccc1)P(=O)(O)O. The number of carbonyl (C=O) groups excluding carboxylic acids is 1. The number of rotatable bonds is 8. The summed E-state index contributed by atoms with van der Waals surface area (Å²) in [5.41, 5.74) is 0. The van der Waals surface area contributed by atoms with Crippen molar-refractivity contribution >= 4 is 23.3 Å². The van der Waals surface area contributed by atoms with Crippen LogP contribution < -0.4 is 15.0 Å². The van der Waals surface area contributed by atoms with Gasteiger partial charge in [-0.25, -0.2) is 8.42 Å². The minimum absolute atomic E-state index is 0.184. The lowest BCUT2D eigenvalue weighted by Gasteiger charge is -2.14. The maximum Gasteiger partial charge on any atom is 0.414 e. The Bertz CT molecular complexity index is 955. The Morgan fingerprint density at radius 3 is 2.63 bits per heavy atom. The first-order chi connectivity index (χ1) is 12.5. The second kappa shape index (κ2) is 8.05. The molecule has 1 heterocycles. The number of hydrogen-bond acceptors (Lipinski definition) is 8. The molecule has 0 saturated carbocycles. The van der Waals surface area contributed by atoms with Gasteiger partial charge in [0.15, 0.2) is 0 Å². The lowest BCUT2D eigenvalue weighted by Crippen LogP contribution is -2.33. The molecule has 0 saturated heterocycles. The minimum atomic E-state index is -4.49. The third kappa shape index (κ3) is 5.04. The highest BCUT2D eigenvalue weighted by atomic mass is 32.2. The second-order valence-electron chi connectivity index (χ2n) is 5.29. The summed E-state index contributed by atoms with van der Waals surface area (Å²) < 4.78 is 45.3. The third-order valence-corrected chi connectivity index (χ3v) is 6.16. The van der Waals surface area contributed by atoms with E-state index in [2.05, 4.69) is 15.1 Å². The van der Waals surface area contributed by atoms with Gasteiger partial charge in [-0.2, -0.15) is 0 Å². The number of aromatic nitrogens is 2. The van der Waals surface area contributed by atoms with Crippen molar-refractivity contribution in [2.75, 3.05) is 6.61 Å². The number of carbonyl (C=O) groups is 1. The molecule has 1 aromatic carbocycles. The smallest absolute Gasteiger partial charge is 0.414 e. The molecule has 12 nitrogen and oxygen atoms in total. The number of sulfone groups is 1. The van der Waals surface area contributed by atoms with Crippen LogP contribution in [-0.4, -0.2) is 41.7 Å². The van der Waals surface area contributed by atoms with Crippen molar-refractivity contribution in [3.05, 3.63) is 35.5 Å². The molecule has 2 rings (SSSR count). The van der Waals surface area contributed by atoms with E-state index in [1.807, 2.05) is 0 Å². The molecule has 3 N–H and O–H groups in total. The Morgan fingerprint density at radius 1 is 1.41 bits per heavy atom. The molecular weight excluding hydrogens is 405 g/mol. The van der Waals surface area contributed by atoms with Gasteiger partial charge in [0.25, 0.3) is 9.84 Å². The molecule has 1 atom stereocenters. The highest BCUT2D eigenvalue weighted by Gasteiger charge is 2.35. The molecule has 27 heavy (non-hydrogen) atoms. The second-order valence-corrected chi connectivity index (χ2v) is 9.11. The largest absolute Gasteiger partial charge is 0.454 e. The number of benzene rings is 1. The lowest BCUT2D eigenvalue weighted by atomic mass is 10.4. The van der Waals surface area contributed by atoms with E-state index < -0.39 is 46.6 Å². The Hall–Kier alpha value is -2.47. The van der Waals surface area contributed by atoms with Gasteiger partial charge >= 0.3 is 18.5 Å². The van der Waals surface area contributed by atoms with Crippen LogP contribution in [-0.2, 0) is 19.2 Å². The molecule has 1 amide bonds. The molecule has 0 aliphatic carbocycles. The standard InChI is InChI=1S/C13H16N3O9PS/c1-9(26(19,20)21)14-11(17)7-8-24-12-13(16(18)25-15-12)27(22,23)10-5-3-2-4-6-10/h2-6,9H,7-8H2,1H3,(H,14,17)(H2,19,20,21). The lowest BCUT2D eigenvalue weighted by molar-refractivity contribution is -0.832. The summed E-state index contributed by atoms with van der Waals surface area (Å²) in [5.74, 6) is -2.78. The van der Waals surface area contributed by atoms with Gasteiger partial charge in [0.1, 0.15) is 12.4 Å². The molecule has 0 bridgehead atoms. The van der Waals surface area contributed by atoms with Crippen LogP contribution in [0.25, 0.3) is 0 Å². The van der Waals surface area contributed by atoms with Crippen molar-refractivity contribution in [3.63, 3.8) is 0 Å². The van der Waals surface area contributed by atoms with E-state index in [9.17, 15) is 23.0 Å². The van der Waals surface area contributed by atoms with Crippen LogP contribution in [0.15, 0.2) is 44.9 Å². The van der Waals surface area contributed by atoms with Gasteiger partial charge in [0, 0.05) is 0 Å². The first-order valence-corrected chi connectivity index (χ1v) is 10.6. The van der Waals surface area contributed by atoms with Gasteiger partial charge < -0.3 is 25.0 Å². The van der Waals surface area contributed by atoms with Crippen LogP contribution >= 0.6 is 7.60 Å². The summed E-state index contributed by atoms with van der Waals surface area (Å²) in [6.45, 7) is 0.714. The predicted octanol–water partition coefficient (Wildman–Crippen LogP) is -0.450. The highest BCUT2D eigenvalue weighted by Crippen LogP contribution is 2.39. The van der Waals surface area contributed by atoms with E-state index in [4.69, 9.17) is 14.5 Å². The zero-order valence-electron chi connectivity index (χ0n) is 13.9. The number of amides is 1. The van der Waals surface area contributed by atoms with Crippen molar-refractivity contribution in [3.8, 4) is 5.88 Å². The van der Waals surface area contributed by atoms with Crippen molar-refractivity contribution in [2.24, 2.45) is 0 Å². The number of nitrogens with one attached hydrogen (secondary N) is 1. The molecule has 148 valence electrons. The predicted molar refractivity (Wildman–Crippen MR) is 87.1 cm³/mol. The van der Waals surface area contributed by atoms with Gasteiger partial charge in [-0.15, -0.1) is 0 Å². The normalized spacial score (nSPS) is 13.1. The molecule has 0 spiro atoms. The molecule has 14 heteroatoms. The van der Waals surface area contributed by atoms with Crippen molar-refractivity contribution in [2.45, 2.75) is 29.0 Å². The fourth-order valence-corrected chi connectivity index (χ4v) is 3.48. The van der Waals surface area contributed by atoms with E-state index in [1.165, 1.54) is 24.3 Å². The van der Waals surface area contributed by atoms with Crippen molar-refractivity contribution in [1.82, 2.24) is 10.5 Å². The topological polar surface area (TPSA) is 183 Å². The number of nitrogens with zero attached hydrogens (tertiary/aromatic N) is 2. The van der Waals surface area contributed by atoms with Crippen LogP contribution in [0, 0.1) is 5.21 Å². The van der Waals surface area contributed by atoms with E-state index in [1.54, 1.807) is 6.07 Å². The first kappa shape index (κ1) is 20.8. The maximum atomic E-state index is 12.5. The molecule has 0 radical (unpaired) electrons. The van der Waals surface area contributed by atoms with Crippen LogP contribution in [0.1, 0.15) is 13.3 Å². The summed E-state index contributed by atoms with van der Waals surface area (Å²) in [6.07, 6.45) is -0.374. The summed E-state index contributed by atoms with van der Waals surface area (Å²) >= 11 is 0.